The zero-order valence-corrected chi connectivity index (χ0v) is 12.1. The number of rotatable bonds is 9. The second-order valence-corrected chi connectivity index (χ2v) is 5.10. The number of carbonyl (C=O) groups excluding carboxylic acids is 2. The van der Waals surface area contributed by atoms with Gasteiger partial charge < -0.3 is 26.2 Å². The highest BCUT2D eigenvalue weighted by atomic mass is 16.5. The lowest BCUT2D eigenvalue weighted by Crippen LogP contribution is -2.50. The van der Waals surface area contributed by atoms with Gasteiger partial charge in [-0.15, -0.1) is 0 Å². The summed E-state index contributed by atoms with van der Waals surface area (Å²) in [5.74, 6) is -1.67. The lowest BCUT2D eigenvalue weighted by Gasteiger charge is -2.22. The summed E-state index contributed by atoms with van der Waals surface area (Å²) in [6.45, 7) is 3.62. The summed E-state index contributed by atoms with van der Waals surface area (Å²) >= 11 is 0. The smallest absolute Gasteiger partial charge is 0.326 e. The number of primary amides is 1. The Bertz CT molecular complexity index is 357. The van der Waals surface area contributed by atoms with Crippen LogP contribution in [0.15, 0.2) is 0 Å². The lowest BCUT2D eigenvalue weighted by molar-refractivity contribution is -0.139. The molecule has 0 rings (SSSR count). The molecule has 20 heavy (non-hydrogen) atoms. The summed E-state index contributed by atoms with van der Waals surface area (Å²) in [5, 5.41) is 13.7. The number of carboxylic acid groups (broad SMARTS) is 1. The Kier molecular flexibility index (Phi) is 7.60. The monoisotopic (exact) mass is 289 g/mol. The van der Waals surface area contributed by atoms with Crippen molar-refractivity contribution in [2.75, 3.05) is 20.3 Å². The highest BCUT2D eigenvalue weighted by molar-refractivity contribution is 5.84. The molecular formula is C12H23N3O5. The quantitative estimate of drug-likeness (QED) is 0.432. The fraction of sp³-hybridized carbons (Fsp3) is 0.750. The van der Waals surface area contributed by atoms with Gasteiger partial charge in [-0.05, 0) is 26.7 Å². The number of aliphatic carboxylic acids is 1. The number of nitrogens with one attached hydrogen (secondary N) is 2. The Morgan fingerprint density at radius 1 is 1.35 bits per heavy atom. The Hall–Kier alpha value is -1.83. The van der Waals surface area contributed by atoms with Crippen molar-refractivity contribution in [1.29, 1.82) is 0 Å². The molecule has 1 unspecified atom stereocenters. The fourth-order valence-corrected chi connectivity index (χ4v) is 1.29. The predicted octanol–water partition coefficient (Wildman–Crippen LogP) is -0.323. The maximum atomic E-state index is 11.6. The molecule has 0 saturated heterocycles. The third-order valence-electron chi connectivity index (χ3n) is 2.80. The highest BCUT2D eigenvalue weighted by Crippen LogP contribution is 2.11. The van der Waals surface area contributed by atoms with Crippen molar-refractivity contribution in [2.45, 2.75) is 32.7 Å². The molecule has 5 N–H and O–H groups in total. The van der Waals surface area contributed by atoms with Crippen molar-refractivity contribution >= 4 is 17.9 Å². The Morgan fingerprint density at radius 2 is 1.95 bits per heavy atom. The van der Waals surface area contributed by atoms with E-state index in [1.807, 2.05) is 0 Å². The summed E-state index contributed by atoms with van der Waals surface area (Å²) in [5.41, 5.74) is 4.27. The molecule has 0 saturated carbocycles. The van der Waals surface area contributed by atoms with Gasteiger partial charge in [0, 0.05) is 20.3 Å². The first kappa shape index (κ1) is 18.2. The van der Waals surface area contributed by atoms with Crippen LogP contribution in [0, 0.1) is 5.41 Å². The highest BCUT2D eigenvalue weighted by Gasteiger charge is 2.26. The van der Waals surface area contributed by atoms with Crippen LogP contribution in [-0.2, 0) is 14.3 Å². The van der Waals surface area contributed by atoms with E-state index in [9.17, 15) is 14.4 Å². The van der Waals surface area contributed by atoms with E-state index in [1.165, 1.54) is 7.11 Å². The molecule has 8 heteroatoms. The van der Waals surface area contributed by atoms with Gasteiger partial charge in [-0.3, -0.25) is 4.79 Å². The Labute approximate surface area is 118 Å². The molecule has 0 aromatic rings. The van der Waals surface area contributed by atoms with Crippen molar-refractivity contribution in [1.82, 2.24) is 10.6 Å². The van der Waals surface area contributed by atoms with Gasteiger partial charge in [0.05, 0.1) is 5.41 Å². The summed E-state index contributed by atoms with van der Waals surface area (Å²) in [7, 11) is 1.52. The first-order valence-electron chi connectivity index (χ1n) is 6.26. The largest absolute Gasteiger partial charge is 0.480 e. The molecule has 0 bridgehead atoms. The van der Waals surface area contributed by atoms with Crippen LogP contribution in [0.2, 0.25) is 0 Å². The van der Waals surface area contributed by atoms with Gasteiger partial charge >= 0.3 is 12.0 Å². The molecule has 1 atom stereocenters. The molecule has 116 valence electrons. The van der Waals surface area contributed by atoms with Crippen molar-refractivity contribution in [3.8, 4) is 0 Å². The van der Waals surface area contributed by atoms with Crippen LogP contribution in [0.1, 0.15) is 26.7 Å². The molecule has 0 radical (unpaired) electrons. The third-order valence-corrected chi connectivity index (χ3v) is 2.80. The number of carboxylic acids is 1. The standard InChI is InChI=1S/C12H23N3O5/c1-12(2,10(13)18)7-14-11(19)15-8(9(16)17)5-4-6-20-3/h8H,4-7H2,1-3H3,(H2,13,18)(H,16,17)(H2,14,15,19). The van der Waals surface area contributed by atoms with E-state index in [0.29, 0.717) is 13.0 Å². The molecule has 0 fully saturated rings. The number of hydrogen-bond acceptors (Lipinski definition) is 4. The minimum atomic E-state index is -1.12. The molecule has 0 aromatic heterocycles. The van der Waals surface area contributed by atoms with Crippen LogP contribution < -0.4 is 16.4 Å². The maximum absolute atomic E-state index is 11.6. The maximum Gasteiger partial charge on any atom is 0.326 e. The minimum absolute atomic E-state index is 0.0264. The van der Waals surface area contributed by atoms with Crippen LogP contribution in [-0.4, -0.2) is 49.3 Å². The van der Waals surface area contributed by atoms with Crippen LogP contribution in [0.5, 0.6) is 0 Å². The summed E-state index contributed by atoms with van der Waals surface area (Å²) in [6.07, 6.45) is 0.774. The predicted molar refractivity (Wildman–Crippen MR) is 72.0 cm³/mol. The molecule has 0 aliphatic rings. The van der Waals surface area contributed by atoms with E-state index >= 15 is 0 Å². The number of methoxy groups -OCH3 is 1. The summed E-state index contributed by atoms with van der Waals surface area (Å²) < 4.78 is 4.82. The number of ether oxygens (including phenoxy) is 1. The van der Waals surface area contributed by atoms with Gasteiger partial charge in [0.1, 0.15) is 6.04 Å². The zero-order chi connectivity index (χ0) is 15.8. The van der Waals surface area contributed by atoms with Crippen molar-refractivity contribution < 1.29 is 24.2 Å². The third kappa shape index (κ3) is 6.93. The van der Waals surface area contributed by atoms with E-state index in [1.54, 1.807) is 13.8 Å². The van der Waals surface area contributed by atoms with Crippen molar-refractivity contribution in [2.24, 2.45) is 11.1 Å². The first-order chi connectivity index (χ1) is 9.20. The molecule has 0 aromatic carbocycles. The van der Waals surface area contributed by atoms with Crippen molar-refractivity contribution in [3.63, 3.8) is 0 Å². The van der Waals surface area contributed by atoms with E-state index in [0.717, 1.165) is 0 Å². The molecule has 0 spiro atoms. The molecule has 3 amide bonds. The van der Waals surface area contributed by atoms with Crippen LogP contribution in [0.25, 0.3) is 0 Å². The fourth-order valence-electron chi connectivity index (χ4n) is 1.29. The number of carbonyl (C=O) groups is 3. The number of amides is 3. The van der Waals surface area contributed by atoms with Gasteiger partial charge in [-0.1, -0.05) is 0 Å². The SMILES string of the molecule is COCCCC(NC(=O)NCC(C)(C)C(N)=O)C(=O)O. The molecular weight excluding hydrogens is 266 g/mol. The van der Waals surface area contributed by atoms with E-state index in [4.69, 9.17) is 15.6 Å². The Balaban J connectivity index is 4.26. The lowest BCUT2D eigenvalue weighted by atomic mass is 9.93. The summed E-state index contributed by atoms with van der Waals surface area (Å²) in [6, 6.07) is -1.65. The van der Waals surface area contributed by atoms with Crippen LogP contribution in [0.3, 0.4) is 0 Å². The second kappa shape index (κ2) is 8.36. The van der Waals surface area contributed by atoms with Crippen LogP contribution in [0.4, 0.5) is 4.79 Å². The molecule has 8 nitrogen and oxygen atoms in total. The molecule has 0 aliphatic carbocycles. The van der Waals surface area contributed by atoms with E-state index in [-0.39, 0.29) is 13.0 Å². The topological polar surface area (TPSA) is 131 Å². The van der Waals surface area contributed by atoms with Gasteiger partial charge in [0.25, 0.3) is 0 Å². The van der Waals surface area contributed by atoms with Gasteiger partial charge in [-0.25, -0.2) is 9.59 Å². The molecule has 0 aliphatic heterocycles. The van der Waals surface area contributed by atoms with Gasteiger partial charge in [0.15, 0.2) is 0 Å². The van der Waals surface area contributed by atoms with E-state index in [2.05, 4.69) is 10.6 Å². The average molecular weight is 289 g/mol. The average Bonchev–Trinajstić information content (AvgIpc) is 2.35. The van der Waals surface area contributed by atoms with Gasteiger partial charge in [0.2, 0.25) is 5.91 Å². The van der Waals surface area contributed by atoms with Gasteiger partial charge in [-0.2, -0.15) is 0 Å². The zero-order valence-electron chi connectivity index (χ0n) is 12.1. The minimum Gasteiger partial charge on any atom is -0.480 e. The number of hydrogen-bond donors (Lipinski definition) is 4. The Morgan fingerprint density at radius 3 is 2.40 bits per heavy atom. The van der Waals surface area contributed by atoms with E-state index < -0.39 is 29.4 Å². The normalized spacial score (nSPS) is 12.6. The number of nitrogens with two attached hydrogens (primary N) is 1. The number of urea groups is 1. The van der Waals surface area contributed by atoms with Crippen LogP contribution >= 0.6 is 0 Å². The first-order valence-corrected chi connectivity index (χ1v) is 6.26. The second-order valence-electron chi connectivity index (χ2n) is 5.10. The summed E-state index contributed by atoms with van der Waals surface area (Å²) in [4.78, 5) is 33.7. The van der Waals surface area contributed by atoms with Crippen molar-refractivity contribution in [3.05, 3.63) is 0 Å². The molecule has 0 heterocycles.